The maximum Gasteiger partial charge on any atom is 0.246 e. The average molecular weight is 312 g/mol. The summed E-state index contributed by atoms with van der Waals surface area (Å²) in [5, 5.41) is 2.53. The Hall–Kier alpha value is -1.86. The molecule has 0 aliphatic heterocycles. The molecule has 1 aromatic carbocycles. The van der Waals surface area contributed by atoms with Crippen LogP contribution in [0.25, 0.3) is 0 Å². The minimum Gasteiger partial charge on any atom is -0.495 e. The monoisotopic (exact) mass is 312 g/mol. The van der Waals surface area contributed by atoms with Gasteiger partial charge in [0.05, 0.1) is 13.7 Å². The molecule has 0 heterocycles. The number of nitrogens with zero attached hydrogens (tertiary/aromatic N) is 1. The van der Waals surface area contributed by atoms with Crippen LogP contribution in [0.5, 0.6) is 5.75 Å². The number of amides is 1. The molecule has 0 saturated heterocycles. The molecule has 0 spiro atoms. The molecule has 0 atom stereocenters. The van der Waals surface area contributed by atoms with Crippen molar-refractivity contribution in [2.24, 2.45) is 0 Å². The van der Waals surface area contributed by atoms with Crippen molar-refractivity contribution in [3.05, 3.63) is 36.4 Å². The molecule has 1 amide bonds. The van der Waals surface area contributed by atoms with E-state index in [0.29, 0.717) is 6.54 Å². The fourth-order valence-corrected chi connectivity index (χ4v) is 3.05. The molecule has 21 heavy (non-hydrogen) atoms. The predicted octanol–water partition coefficient (Wildman–Crippen LogP) is 0.926. The maximum absolute atomic E-state index is 12.5. The van der Waals surface area contributed by atoms with Crippen LogP contribution in [-0.4, -0.2) is 45.9 Å². The summed E-state index contributed by atoms with van der Waals surface area (Å²) in [7, 11) is -1.05. The second kappa shape index (κ2) is 7.24. The van der Waals surface area contributed by atoms with Crippen LogP contribution >= 0.6 is 0 Å². The third-order valence-corrected chi connectivity index (χ3v) is 4.64. The lowest BCUT2D eigenvalue weighted by Crippen LogP contribution is -2.38. The highest BCUT2D eigenvalue weighted by Crippen LogP contribution is 2.26. The van der Waals surface area contributed by atoms with Crippen LogP contribution in [0.2, 0.25) is 0 Å². The van der Waals surface area contributed by atoms with E-state index in [1.54, 1.807) is 19.1 Å². The number of carbonyl (C=O) groups is 1. The lowest BCUT2D eigenvalue weighted by atomic mass is 10.2. The van der Waals surface area contributed by atoms with Gasteiger partial charge in [0.1, 0.15) is 10.6 Å². The largest absolute Gasteiger partial charge is 0.495 e. The molecule has 0 aliphatic carbocycles. The summed E-state index contributed by atoms with van der Waals surface area (Å²) >= 11 is 0. The molecule has 0 aliphatic rings. The van der Waals surface area contributed by atoms with Gasteiger partial charge in [0.2, 0.25) is 15.9 Å². The normalized spacial score (nSPS) is 11.2. The minimum absolute atomic E-state index is 0.0454. The number of methoxy groups -OCH3 is 1. The average Bonchev–Trinajstić information content (AvgIpc) is 2.44. The van der Waals surface area contributed by atoms with Gasteiger partial charge < -0.3 is 10.1 Å². The highest BCUT2D eigenvalue weighted by molar-refractivity contribution is 7.89. The van der Waals surface area contributed by atoms with Crippen LogP contribution in [0.1, 0.15) is 5.56 Å². The van der Waals surface area contributed by atoms with Gasteiger partial charge in [0, 0.05) is 13.6 Å². The number of hydrogen-bond acceptors (Lipinski definition) is 4. The molecule has 1 aromatic rings. The van der Waals surface area contributed by atoms with Crippen molar-refractivity contribution >= 4 is 15.9 Å². The molecule has 6 nitrogen and oxygen atoms in total. The first-order valence-corrected chi connectivity index (χ1v) is 7.75. The zero-order valence-electron chi connectivity index (χ0n) is 12.4. The Bertz CT molecular complexity index is 626. The fourth-order valence-electron chi connectivity index (χ4n) is 1.68. The van der Waals surface area contributed by atoms with Crippen molar-refractivity contribution < 1.29 is 17.9 Å². The van der Waals surface area contributed by atoms with Crippen LogP contribution in [0, 0.1) is 6.92 Å². The van der Waals surface area contributed by atoms with E-state index >= 15 is 0 Å². The second-order valence-electron chi connectivity index (χ2n) is 4.51. The van der Waals surface area contributed by atoms with Crippen molar-refractivity contribution in [2.45, 2.75) is 11.8 Å². The minimum atomic E-state index is -3.80. The Morgan fingerprint density at radius 1 is 1.48 bits per heavy atom. The van der Waals surface area contributed by atoms with Crippen LogP contribution < -0.4 is 10.1 Å². The lowest BCUT2D eigenvalue weighted by molar-refractivity contribution is -0.120. The zero-order chi connectivity index (χ0) is 16.0. The van der Waals surface area contributed by atoms with Gasteiger partial charge in [-0.1, -0.05) is 12.1 Å². The number of aryl methyl sites for hydroxylation is 1. The number of sulfonamides is 1. The summed E-state index contributed by atoms with van der Waals surface area (Å²) in [6.45, 7) is 5.29. The molecule has 0 aromatic heterocycles. The smallest absolute Gasteiger partial charge is 0.246 e. The van der Waals surface area contributed by atoms with Crippen LogP contribution in [0.4, 0.5) is 0 Å². The molecular weight excluding hydrogens is 292 g/mol. The molecule has 116 valence electrons. The topological polar surface area (TPSA) is 75.7 Å². The van der Waals surface area contributed by atoms with Gasteiger partial charge in [0.15, 0.2) is 0 Å². The van der Waals surface area contributed by atoms with E-state index in [-0.39, 0.29) is 17.2 Å². The summed E-state index contributed by atoms with van der Waals surface area (Å²) < 4.78 is 31.1. The first-order valence-electron chi connectivity index (χ1n) is 6.31. The number of nitrogens with one attached hydrogen (secondary N) is 1. The SMILES string of the molecule is C=CCNC(=O)CN(C)S(=O)(=O)c1cc(C)ccc1OC. The van der Waals surface area contributed by atoms with Crippen molar-refractivity contribution in [1.29, 1.82) is 0 Å². The Morgan fingerprint density at radius 2 is 2.14 bits per heavy atom. The Labute approximate surface area is 125 Å². The van der Waals surface area contributed by atoms with Gasteiger partial charge in [-0.05, 0) is 24.6 Å². The quantitative estimate of drug-likeness (QED) is 0.760. The van der Waals surface area contributed by atoms with E-state index < -0.39 is 15.9 Å². The number of benzene rings is 1. The standard InChI is InChI=1S/C14H20N2O4S/c1-5-8-15-14(17)10-16(3)21(18,19)13-9-11(2)6-7-12(13)20-4/h5-7,9H,1,8,10H2,2-4H3,(H,15,17). The predicted molar refractivity (Wildman–Crippen MR) is 80.8 cm³/mol. The molecule has 0 unspecified atom stereocenters. The third kappa shape index (κ3) is 4.30. The van der Waals surface area contributed by atoms with Crippen molar-refractivity contribution in [3.8, 4) is 5.75 Å². The summed E-state index contributed by atoms with van der Waals surface area (Å²) in [6.07, 6.45) is 1.52. The number of likely N-dealkylation sites (N-methyl/N-ethyl adjacent to an activating group) is 1. The molecule has 1 rings (SSSR count). The number of carbonyl (C=O) groups excluding carboxylic acids is 1. The van der Waals surface area contributed by atoms with Gasteiger partial charge in [-0.25, -0.2) is 8.42 Å². The highest BCUT2D eigenvalue weighted by Gasteiger charge is 2.26. The molecule has 0 radical (unpaired) electrons. The maximum atomic E-state index is 12.5. The Balaban J connectivity index is 3.02. The molecule has 0 fully saturated rings. The first-order chi connectivity index (χ1) is 9.82. The summed E-state index contributed by atoms with van der Waals surface area (Å²) in [5.41, 5.74) is 0.791. The van der Waals surface area contributed by atoms with Crippen LogP contribution in [-0.2, 0) is 14.8 Å². The van der Waals surface area contributed by atoms with E-state index in [1.807, 2.05) is 0 Å². The summed E-state index contributed by atoms with van der Waals surface area (Å²) in [4.78, 5) is 11.7. The van der Waals surface area contributed by atoms with Crippen molar-refractivity contribution in [1.82, 2.24) is 9.62 Å². The molecule has 0 saturated carbocycles. The van der Waals surface area contributed by atoms with Crippen molar-refractivity contribution in [3.63, 3.8) is 0 Å². The molecular formula is C14H20N2O4S. The van der Waals surface area contributed by atoms with E-state index in [9.17, 15) is 13.2 Å². The van der Waals surface area contributed by atoms with Crippen LogP contribution in [0.3, 0.4) is 0 Å². The van der Waals surface area contributed by atoms with Gasteiger partial charge in [-0.2, -0.15) is 4.31 Å². The Morgan fingerprint density at radius 3 is 2.71 bits per heavy atom. The lowest BCUT2D eigenvalue weighted by Gasteiger charge is -2.18. The van der Waals surface area contributed by atoms with Gasteiger partial charge in [0.25, 0.3) is 0 Å². The highest BCUT2D eigenvalue weighted by atomic mass is 32.2. The fraction of sp³-hybridized carbons (Fsp3) is 0.357. The van der Waals surface area contributed by atoms with Gasteiger partial charge >= 0.3 is 0 Å². The van der Waals surface area contributed by atoms with Crippen molar-refractivity contribution in [2.75, 3.05) is 27.2 Å². The van der Waals surface area contributed by atoms with Crippen LogP contribution in [0.15, 0.2) is 35.7 Å². The third-order valence-electron chi connectivity index (χ3n) is 2.82. The summed E-state index contributed by atoms with van der Waals surface area (Å²) in [5.74, 6) is -0.147. The van der Waals surface area contributed by atoms with Gasteiger partial charge in [-0.15, -0.1) is 6.58 Å². The molecule has 7 heteroatoms. The zero-order valence-corrected chi connectivity index (χ0v) is 13.2. The van der Waals surface area contributed by atoms with Gasteiger partial charge in [-0.3, -0.25) is 4.79 Å². The Kier molecular flexibility index (Phi) is 5.92. The molecule has 0 bridgehead atoms. The van der Waals surface area contributed by atoms with E-state index in [2.05, 4.69) is 11.9 Å². The number of ether oxygens (including phenoxy) is 1. The summed E-state index contributed by atoms with van der Waals surface area (Å²) in [6, 6.07) is 4.87. The first kappa shape index (κ1) is 17.2. The van der Waals surface area contributed by atoms with E-state index in [4.69, 9.17) is 4.74 Å². The molecule has 1 N–H and O–H groups in total. The van der Waals surface area contributed by atoms with E-state index in [0.717, 1.165) is 9.87 Å². The number of hydrogen-bond donors (Lipinski definition) is 1. The van der Waals surface area contributed by atoms with E-state index in [1.165, 1.54) is 26.3 Å². The second-order valence-corrected chi connectivity index (χ2v) is 6.52. The number of rotatable bonds is 7.